The fourth-order valence-corrected chi connectivity index (χ4v) is 4.63. The first-order valence-corrected chi connectivity index (χ1v) is 10.3. The Balaban J connectivity index is 1.79. The second-order valence-electron chi connectivity index (χ2n) is 7.87. The minimum Gasteiger partial charge on any atom is -0.475 e. The van der Waals surface area contributed by atoms with Gasteiger partial charge in [-0.25, -0.2) is 9.20 Å². The van der Waals surface area contributed by atoms with Crippen molar-refractivity contribution < 1.29 is 8.95 Å². The Labute approximate surface area is 162 Å². The van der Waals surface area contributed by atoms with Gasteiger partial charge in [0.15, 0.2) is 0 Å². The van der Waals surface area contributed by atoms with E-state index < -0.39 is 10.8 Å². The standard InChI is InChI=1S/C23H23NO2S/c1-23(2,3)21-15-26-22(24-21)18-12-6-7-13-20(18)27(25)19-14-8-10-16-9-4-5-11-17(16)19/h4-14,21H,15H2,1-3H3/t21-,27?/m1/s1. The van der Waals surface area contributed by atoms with Crippen LogP contribution in [0.15, 0.2) is 81.5 Å². The van der Waals surface area contributed by atoms with E-state index in [1.54, 1.807) is 0 Å². The minimum atomic E-state index is -1.32. The van der Waals surface area contributed by atoms with E-state index in [1.807, 2.05) is 66.7 Å². The van der Waals surface area contributed by atoms with Gasteiger partial charge >= 0.3 is 0 Å². The van der Waals surface area contributed by atoms with Crippen molar-refractivity contribution in [1.29, 1.82) is 0 Å². The van der Waals surface area contributed by atoms with Crippen molar-refractivity contribution in [2.45, 2.75) is 36.6 Å². The molecule has 138 valence electrons. The molecule has 1 unspecified atom stereocenters. The topological polar surface area (TPSA) is 38.7 Å². The van der Waals surface area contributed by atoms with Gasteiger partial charge in [-0.1, -0.05) is 69.3 Å². The monoisotopic (exact) mass is 377 g/mol. The van der Waals surface area contributed by atoms with Gasteiger partial charge in [0, 0.05) is 0 Å². The zero-order valence-corrected chi connectivity index (χ0v) is 16.6. The van der Waals surface area contributed by atoms with Crippen molar-refractivity contribution in [1.82, 2.24) is 0 Å². The van der Waals surface area contributed by atoms with Crippen molar-refractivity contribution in [3.05, 3.63) is 72.3 Å². The first kappa shape index (κ1) is 17.9. The van der Waals surface area contributed by atoms with Crippen LogP contribution in [0.1, 0.15) is 26.3 Å². The third-order valence-corrected chi connectivity index (χ3v) is 6.43. The van der Waals surface area contributed by atoms with Gasteiger partial charge in [-0.2, -0.15) is 0 Å². The maximum atomic E-state index is 13.5. The summed E-state index contributed by atoms with van der Waals surface area (Å²) in [4.78, 5) is 6.34. The maximum Gasteiger partial charge on any atom is 0.217 e. The van der Waals surface area contributed by atoms with Crippen LogP contribution in [0.5, 0.6) is 0 Å². The molecule has 2 atom stereocenters. The zero-order chi connectivity index (χ0) is 19.0. The van der Waals surface area contributed by atoms with Crippen LogP contribution < -0.4 is 0 Å². The second kappa shape index (κ2) is 6.93. The summed E-state index contributed by atoms with van der Waals surface area (Å²) in [5.74, 6) is 0.596. The first-order valence-electron chi connectivity index (χ1n) is 9.15. The van der Waals surface area contributed by atoms with Crippen LogP contribution in [0.25, 0.3) is 10.8 Å². The van der Waals surface area contributed by atoms with Crippen LogP contribution in [0.3, 0.4) is 0 Å². The molecule has 4 rings (SSSR count). The molecule has 0 aliphatic carbocycles. The van der Waals surface area contributed by atoms with Gasteiger partial charge in [-0.15, -0.1) is 0 Å². The summed E-state index contributed by atoms with van der Waals surface area (Å²) in [5.41, 5.74) is 0.849. The van der Waals surface area contributed by atoms with Gasteiger partial charge in [0.05, 0.1) is 32.2 Å². The van der Waals surface area contributed by atoms with Crippen molar-refractivity contribution in [3.63, 3.8) is 0 Å². The number of rotatable bonds is 3. The quantitative estimate of drug-likeness (QED) is 0.629. The Morgan fingerprint density at radius 2 is 1.59 bits per heavy atom. The highest BCUT2D eigenvalue weighted by Crippen LogP contribution is 2.31. The lowest BCUT2D eigenvalue weighted by Crippen LogP contribution is -2.25. The van der Waals surface area contributed by atoms with Crippen LogP contribution in [0, 0.1) is 5.41 Å². The minimum absolute atomic E-state index is 0.0332. The summed E-state index contributed by atoms with van der Waals surface area (Å²) >= 11 is 0. The molecule has 0 spiro atoms. The fraction of sp³-hybridized carbons (Fsp3) is 0.261. The van der Waals surface area contributed by atoms with E-state index >= 15 is 0 Å². The average Bonchev–Trinajstić information content (AvgIpc) is 3.17. The van der Waals surface area contributed by atoms with E-state index in [-0.39, 0.29) is 11.5 Å². The summed E-state index contributed by atoms with van der Waals surface area (Å²) in [6.45, 7) is 7.04. The molecule has 4 heteroatoms. The van der Waals surface area contributed by atoms with Crippen LogP contribution in [-0.2, 0) is 15.5 Å². The van der Waals surface area contributed by atoms with E-state index in [2.05, 4.69) is 20.8 Å². The van der Waals surface area contributed by atoms with Crippen molar-refractivity contribution in [2.75, 3.05) is 6.61 Å². The normalized spacial score (nSPS) is 18.2. The molecular formula is C23H23NO2S. The molecule has 0 bridgehead atoms. The number of hydrogen-bond acceptors (Lipinski definition) is 3. The number of hydrogen-bond donors (Lipinski definition) is 0. The van der Waals surface area contributed by atoms with Crippen LogP contribution in [0.4, 0.5) is 0 Å². The highest BCUT2D eigenvalue weighted by Gasteiger charge is 2.32. The van der Waals surface area contributed by atoms with Crippen molar-refractivity contribution in [2.24, 2.45) is 10.4 Å². The van der Waals surface area contributed by atoms with E-state index in [0.29, 0.717) is 12.5 Å². The summed E-state index contributed by atoms with van der Waals surface area (Å²) in [5, 5.41) is 2.10. The lowest BCUT2D eigenvalue weighted by atomic mass is 9.88. The van der Waals surface area contributed by atoms with Gasteiger partial charge in [0.2, 0.25) is 5.90 Å². The number of nitrogens with zero attached hydrogens (tertiary/aromatic N) is 1. The van der Waals surface area contributed by atoms with E-state index in [1.165, 1.54) is 0 Å². The molecule has 3 aromatic rings. The number of fused-ring (bicyclic) bond motifs is 1. The van der Waals surface area contributed by atoms with Gasteiger partial charge in [0.1, 0.15) is 6.61 Å². The molecular weight excluding hydrogens is 354 g/mol. The third-order valence-electron chi connectivity index (χ3n) is 4.92. The largest absolute Gasteiger partial charge is 0.475 e. The number of aliphatic imine (C=N–C) groups is 1. The zero-order valence-electron chi connectivity index (χ0n) is 15.8. The predicted octanol–water partition coefficient (Wildman–Crippen LogP) is 5.20. The highest BCUT2D eigenvalue weighted by atomic mass is 32.2. The van der Waals surface area contributed by atoms with Crippen LogP contribution >= 0.6 is 0 Å². The number of ether oxygens (including phenoxy) is 1. The van der Waals surface area contributed by atoms with E-state index in [9.17, 15) is 4.21 Å². The Hall–Kier alpha value is -2.46. The molecule has 0 radical (unpaired) electrons. The summed E-state index contributed by atoms with van der Waals surface area (Å²) in [7, 11) is -1.32. The molecule has 0 N–H and O–H groups in total. The SMILES string of the molecule is CC(C)(C)[C@H]1COC(c2ccccc2S(=O)c2cccc3ccccc23)=N1. The van der Waals surface area contributed by atoms with E-state index in [4.69, 9.17) is 9.73 Å². The van der Waals surface area contributed by atoms with Gasteiger partial charge in [-0.3, -0.25) is 0 Å². The molecule has 0 saturated carbocycles. The van der Waals surface area contributed by atoms with Crippen LogP contribution in [0.2, 0.25) is 0 Å². The smallest absolute Gasteiger partial charge is 0.217 e. The molecule has 1 aliphatic rings. The Morgan fingerprint density at radius 1 is 0.926 bits per heavy atom. The second-order valence-corrected chi connectivity index (χ2v) is 9.29. The molecule has 0 amide bonds. The fourth-order valence-electron chi connectivity index (χ4n) is 3.25. The Kier molecular flexibility index (Phi) is 4.60. The molecule has 3 aromatic carbocycles. The highest BCUT2D eigenvalue weighted by molar-refractivity contribution is 7.85. The van der Waals surface area contributed by atoms with Gasteiger partial charge in [-0.05, 0) is 34.4 Å². The summed E-state index contributed by atoms with van der Waals surface area (Å²) in [6, 6.07) is 21.8. The molecule has 0 aromatic heterocycles. The lowest BCUT2D eigenvalue weighted by molar-refractivity contribution is 0.235. The molecule has 0 saturated heterocycles. The summed E-state index contributed by atoms with van der Waals surface area (Å²) < 4.78 is 19.4. The molecule has 1 heterocycles. The Morgan fingerprint density at radius 3 is 2.37 bits per heavy atom. The predicted molar refractivity (Wildman–Crippen MR) is 111 cm³/mol. The average molecular weight is 378 g/mol. The first-order chi connectivity index (χ1) is 12.9. The van der Waals surface area contributed by atoms with Gasteiger partial charge < -0.3 is 4.74 Å². The summed E-state index contributed by atoms with van der Waals surface area (Å²) in [6.07, 6.45) is 0. The molecule has 27 heavy (non-hydrogen) atoms. The Bertz CT molecular complexity index is 1040. The third kappa shape index (κ3) is 3.42. The van der Waals surface area contributed by atoms with Crippen molar-refractivity contribution in [3.8, 4) is 0 Å². The molecule has 3 nitrogen and oxygen atoms in total. The van der Waals surface area contributed by atoms with E-state index in [0.717, 1.165) is 26.1 Å². The maximum absolute atomic E-state index is 13.5. The molecule has 1 aliphatic heterocycles. The van der Waals surface area contributed by atoms with Crippen LogP contribution in [-0.4, -0.2) is 22.8 Å². The molecule has 0 fully saturated rings. The lowest BCUT2D eigenvalue weighted by Gasteiger charge is -2.21. The van der Waals surface area contributed by atoms with Crippen molar-refractivity contribution >= 4 is 27.5 Å². The number of benzene rings is 3. The van der Waals surface area contributed by atoms with Gasteiger partial charge in [0.25, 0.3) is 0 Å².